The molecule has 0 saturated heterocycles. The molecule has 0 aliphatic carbocycles. The summed E-state index contributed by atoms with van der Waals surface area (Å²) in [4.78, 5) is 16.9. The molecule has 0 spiro atoms. The van der Waals surface area contributed by atoms with E-state index in [4.69, 9.17) is 10.2 Å². The Morgan fingerprint density at radius 3 is 2.77 bits per heavy atom. The van der Waals surface area contributed by atoms with Crippen LogP contribution in [0.1, 0.15) is 39.9 Å². The average Bonchev–Trinajstić information content (AvgIpc) is 3.28. The number of nitrogens with one attached hydrogen (secondary N) is 2. The summed E-state index contributed by atoms with van der Waals surface area (Å²) in [5.41, 5.74) is 8.60. The van der Waals surface area contributed by atoms with Crippen molar-refractivity contribution in [1.82, 2.24) is 20.5 Å². The first-order valence-electron chi connectivity index (χ1n) is 8.07. The molecule has 0 fully saturated rings. The van der Waals surface area contributed by atoms with E-state index in [9.17, 15) is 4.79 Å². The van der Waals surface area contributed by atoms with Gasteiger partial charge in [0.1, 0.15) is 5.01 Å². The third-order valence-corrected chi connectivity index (χ3v) is 4.59. The van der Waals surface area contributed by atoms with E-state index in [0.29, 0.717) is 29.5 Å². The van der Waals surface area contributed by atoms with E-state index in [1.165, 1.54) is 11.3 Å². The fourth-order valence-corrected chi connectivity index (χ4v) is 3.02. The van der Waals surface area contributed by atoms with Crippen molar-refractivity contribution >= 4 is 22.9 Å². The standard InChI is InChI=1S/C17H20N6O2S/c1-9-8-26-14(21-9)7-20-15(24)11-4-12(6-13(5-11)19-3)17-23-22-16(25-17)10(2)18/h4-6,8,10,19H,7,18H2,1-3H3,(H,20,24)/t10-/m0/s1. The van der Waals surface area contributed by atoms with Gasteiger partial charge in [0.2, 0.25) is 11.8 Å². The Kier molecular flexibility index (Phi) is 5.29. The average molecular weight is 372 g/mol. The summed E-state index contributed by atoms with van der Waals surface area (Å²) in [6.45, 7) is 4.07. The number of carbonyl (C=O) groups excluding carboxylic acids is 1. The number of benzene rings is 1. The second kappa shape index (κ2) is 7.63. The van der Waals surface area contributed by atoms with E-state index in [2.05, 4.69) is 25.8 Å². The first-order chi connectivity index (χ1) is 12.5. The van der Waals surface area contributed by atoms with Crippen LogP contribution in [-0.4, -0.2) is 28.1 Å². The molecule has 0 aliphatic heterocycles. The lowest BCUT2D eigenvalue weighted by Crippen LogP contribution is -2.22. The van der Waals surface area contributed by atoms with Crippen molar-refractivity contribution in [3.63, 3.8) is 0 Å². The Bertz CT molecular complexity index is 918. The van der Waals surface area contributed by atoms with Gasteiger partial charge in [-0.25, -0.2) is 4.98 Å². The molecule has 26 heavy (non-hydrogen) atoms. The Morgan fingerprint density at radius 1 is 1.35 bits per heavy atom. The number of thiazole rings is 1. The number of aryl methyl sites for hydroxylation is 1. The van der Waals surface area contributed by atoms with Crippen LogP contribution in [0, 0.1) is 6.92 Å². The summed E-state index contributed by atoms with van der Waals surface area (Å²) in [7, 11) is 1.78. The highest BCUT2D eigenvalue weighted by Gasteiger charge is 2.15. The molecule has 1 amide bonds. The molecule has 9 heteroatoms. The van der Waals surface area contributed by atoms with Gasteiger partial charge in [0.05, 0.1) is 12.6 Å². The smallest absolute Gasteiger partial charge is 0.251 e. The first kappa shape index (κ1) is 18.0. The molecule has 0 bridgehead atoms. The number of rotatable bonds is 6. The predicted molar refractivity (Wildman–Crippen MR) is 99.9 cm³/mol. The number of nitrogens with zero attached hydrogens (tertiary/aromatic N) is 3. The van der Waals surface area contributed by atoms with Gasteiger partial charge >= 0.3 is 0 Å². The largest absolute Gasteiger partial charge is 0.419 e. The number of hydrogen-bond donors (Lipinski definition) is 3. The minimum Gasteiger partial charge on any atom is -0.419 e. The number of nitrogens with two attached hydrogens (primary N) is 1. The van der Waals surface area contributed by atoms with Gasteiger partial charge in [-0.1, -0.05) is 0 Å². The molecule has 1 aromatic carbocycles. The third kappa shape index (κ3) is 4.06. The first-order valence-corrected chi connectivity index (χ1v) is 8.95. The maximum Gasteiger partial charge on any atom is 0.251 e. The van der Waals surface area contributed by atoms with E-state index >= 15 is 0 Å². The molecule has 2 heterocycles. The van der Waals surface area contributed by atoms with Crippen LogP contribution in [0.4, 0.5) is 5.69 Å². The van der Waals surface area contributed by atoms with Crippen LogP contribution in [-0.2, 0) is 6.54 Å². The van der Waals surface area contributed by atoms with Crippen LogP contribution in [0.5, 0.6) is 0 Å². The summed E-state index contributed by atoms with van der Waals surface area (Å²) in [6.07, 6.45) is 0. The van der Waals surface area contributed by atoms with Crippen molar-refractivity contribution in [1.29, 1.82) is 0 Å². The van der Waals surface area contributed by atoms with Gasteiger partial charge in [0, 0.05) is 34.9 Å². The number of anilines is 1. The van der Waals surface area contributed by atoms with E-state index in [1.54, 1.807) is 26.1 Å². The Morgan fingerprint density at radius 2 is 2.15 bits per heavy atom. The lowest BCUT2D eigenvalue weighted by Gasteiger charge is -2.08. The Hall–Kier alpha value is -2.78. The van der Waals surface area contributed by atoms with Crippen molar-refractivity contribution in [3.8, 4) is 11.5 Å². The molecule has 3 rings (SSSR count). The number of aromatic nitrogens is 3. The highest BCUT2D eigenvalue weighted by Crippen LogP contribution is 2.25. The zero-order valence-corrected chi connectivity index (χ0v) is 15.6. The minimum absolute atomic E-state index is 0.205. The molecule has 0 saturated carbocycles. The van der Waals surface area contributed by atoms with Crippen LogP contribution >= 0.6 is 11.3 Å². The second-order valence-corrected chi connectivity index (χ2v) is 6.79. The number of hydrogen-bond acceptors (Lipinski definition) is 8. The fraction of sp³-hybridized carbons (Fsp3) is 0.294. The van der Waals surface area contributed by atoms with E-state index in [0.717, 1.165) is 16.4 Å². The van der Waals surface area contributed by atoms with E-state index in [-0.39, 0.29) is 11.9 Å². The van der Waals surface area contributed by atoms with Gasteiger partial charge in [-0.3, -0.25) is 4.79 Å². The van der Waals surface area contributed by atoms with Crippen molar-refractivity contribution in [2.75, 3.05) is 12.4 Å². The van der Waals surface area contributed by atoms with Gasteiger partial charge in [0.15, 0.2) is 0 Å². The molecule has 1 atom stereocenters. The molecule has 0 radical (unpaired) electrons. The van der Waals surface area contributed by atoms with Crippen LogP contribution in [0.2, 0.25) is 0 Å². The van der Waals surface area contributed by atoms with Crippen LogP contribution in [0.3, 0.4) is 0 Å². The lowest BCUT2D eigenvalue weighted by molar-refractivity contribution is 0.0951. The van der Waals surface area contributed by atoms with Crippen molar-refractivity contribution in [3.05, 3.63) is 45.7 Å². The van der Waals surface area contributed by atoms with Crippen LogP contribution in [0.15, 0.2) is 28.0 Å². The van der Waals surface area contributed by atoms with E-state index in [1.807, 2.05) is 18.4 Å². The molecule has 0 unspecified atom stereocenters. The molecule has 3 aromatic rings. The predicted octanol–water partition coefficient (Wildman–Crippen LogP) is 2.49. The summed E-state index contributed by atoms with van der Waals surface area (Å²) in [5, 5.41) is 16.7. The fourth-order valence-electron chi connectivity index (χ4n) is 2.30. The molecule has 4 N–H and O–H groups in total. The molecule has 0 aliphatic rings. The highest BCUT2D eigenvalue weighted by atomic mass is 32.1. The molecule has 2 aromatic heterocycles. The SMILES string of the molecule is CNc1cc(C(=O)NCc2nc(C)cs2)cc(-c2nnc([C@H](C)N)o2)c1. The van der Waals surface area contributed by atoms with Crippen molar-refractivity contribution in [2.45, 2.75) is 26.4 Å². The lowest BCUT2D eigenvalue weighted by atomic mass is 10.1. The normalized spacial score (nSPS) is 12.0. The zero-order valence-electron chi connectivity index (χ0n) is 14.7. The topological polar surface area (TPSA) is 119 Å². The molecule has 8 nitrogen and oxygen atoms in total. The molecular weight excluding hydrogens is 352 g/mol. The van der Waals surface area contributed by atoms with Gasteiger partial charge in [-0.2, -0.15) is 0 Å². The minimum atomic E-state index is -0.353. The van der Waals surface area contributed by atoms with Crippen molar-refractivity contribution < 1.29 is 9.21 Å². The summed E-state index contributed by atoms with van der Waals surface area (Å²) in [6, 6.07) is 4.95. The summed E-state index contributed by atoms with van der Waals surface area (Å²) in [5.74, 6) is 0.460. The van der Waals surface area contributed by atoms with Crippen molar-refractivity contribution in [2.24, 2.45) is 5.73 Å². The zero-order chi connectivity index (χ0) is 18.7. The Balaban J connectivity index is 1.83. The van der Waals surface area contributed by atoms with Gasteiger partial charge < -0.3 is 20.8 Å². The maximum absolute atomic E-state index is 12.5. The van der Waals surface area contributed by atoms with Gasteiger partial charge in [-0.05, 0) is 32.0 Å². The van der Waals surface area contributed by atoms with Gasteiger partial charge in [-0.15, -0.1) is 21.5 Å². The van der Waals surface area contributed by atoms with E-state index < -0.39 is 0 Å². The Labute approximate surface area is 154 Å². The quantitative estimate of drug-likeness (QED) is 0.608. The monoisotopic (exact) mass is 372 g/mol. The molecular formula is C17H20N6O2S. The van der Waals surface area contributed by atoms with Gasteiger partial charge in [0.25, 0.3) is 5.91 Å². The third-order valence-electron chi connectivity index (χ3n) is 3.63. The highest BCUT2D eigenvalue weighted by molar-refractivity contribution is 7.09. The van der Waals surface area contributed by atoms with Crippen LogP contribution in [0.25, 0.3) is 11.5 Å². The number of carbonyl (C=O) groups is 1. The second-order valence-electron chi connectivity index (χ2n) is 5.85. The number of amides is 1. The molecule has 136 valence electrons. The maximum atomic E-state index is 12.5. The summed E-state index contributed by atoms with van der Waals surface area (Å²) >= 11 is 1.52. The van der Waals surface area contributed by atoms with Crippen LogP contribution < -0.4 is 16.4 Å². The summed E-state index contributed by atoms with van der Waals surface area (Å²) < 4.78 is 5.58.